The van der Waals surface area contributed by atoms with Crippen molar-refractivity contribution in [3.8, 4) is 0 Å². The van der Waals surface area contributed by atoms with E-state index in [1.807, 2.05) is 0 Å². The molecule has 4 rings (SSSR count). The maximum atomic E-state index is 12.7. The number of benzene rings is 1. The zero-order valence-corrected chi connectivity index (χ0v) is 15.8. The maximum Gasteiger partial charge on any atom is 0.236 e. The third-order valence-electron chi connectivity index (χ3n) is 6.49. The first-order valence-corrected chi connectivity index (χ1v) is 10.4. The molecule has 1 amide bonds. The van der Waals surface area contributed by atoms with E-state index in [1.165, 1.54) is 18.4 Å². The Morgan fingerprint density at radius 3 is 2.65 bits per heavy atom. The number of nitrogens with zero attached hydrogens (tertiary/aromatic N) is 2. The van der Waals surface area contributed by atoms with E-state index < -0.39 is 0 Å². The second-order valence-electron chi connectivity index (χ2n) is 8.35. The molecule has 0 radical (unpaired) electrons. The van der Waals surface area contributed by atoms with Gasteiger partial charge in [-0.15, -0.1) is 0 Å². The van der Waals surface area contributed by atoms with Gasteiger partial charge in [-0.2, -0.15) is 0 Å². The number of rotatable bonds is 4. The SMILES string of the molecule is O=C(CN1CCC2OCCCC2C1)N1CCC(Cc2ccccc2)CC1. The molecule has 3 fully saturated rings. The highest BCUT2D eigenvalue weighted by Crippen LogP contribution is 2.28. The molecule has 26 heavy (non-hydrogen) atoms. The number of carbonyl (C=O) groups is 1. The molecule has 3 aliphatic rings. The van der Waals surface area contributed by atoms with Gasteiger partial charge in [-0.05, 0) is 55.9 Å². The summed E-state index contributed by atoms with van der Waals surface area (Å²) >= 11 is 0. The van der Waals surface area contributed by atoms with Gasteiger partial charge in [0, 0.05) is 32.8 Å². The maximum absolute atomic E-state index is 12.7. The lowest BCUT2D eigenvalue weighted by Crippen LogP contribution is -2.50. The molecule has 1 aromatic carbocycles. The molecular formula is C22H32N2O2. The van der Waals surface area contributed by atoms with Crippen LogP contribution in [0.5, 0.6) is 0 Å². The van der Waals surface area contributed by atoms with E-state index in [9.17, 15) is 4.79 Å². The summed E-state index contributed by atoms with van der Waals surface area (Å²) in [5.41, 5.74) is 1.43. The van der Waals surface area contributed by atoms with Crippen LogP contribution in [0.4, 0.5) is 0 Å². The Morgan fingerprint density at radius 1 is 1.04 bits per heavy atom. The first kappa shape index (κ1) is 18.0. The summed E-state index contributed by atoms with van der Waals surface area (Å²) in [5.74, 6) is 1.69. The second kappa shape index (κ2) is 8.53. The summed E-state index contributed by atoms with van der Waals surface area (Å²) in [6.45, 7) is 5.45. The van der Waals surface area contributed by atoms with Gasteiger partial charge in [-0.3, -0.25) is 9.69 Å². The Kier molecular flexibility index (Phi) is 5.91. The fraction of sp³-hybridized carbons (Fsp3) is 0.682. The number of ether oxygens (including phenoxy) is 1. The molecule has 142 valence electrons. The lowest BCUT2D eigenvalue weighted by atomic mass is 9.88. The lowest BCUT2D eigenvalue weighted by molar-refractivity contribution is -0.136. The van der Waals surface area contributed by atoms with Crippen LogP contribution in [0.3, 0.4) is 0 Å². The van der Waals surface area contributed by atoms with Crippen molar-refractivity contribution in [3.05, 3.63) is 35.9 Å². The van der Waals surface area contributed by atoms with Gasteiger partial charge >= 0.3 is 0 Å². The highest BCUT2D eigenvalue weighted by Gasteiger charge is 2.33. The fourth-order valence-corrected chi connectivity index (χ4v) is 4.93. The molecule has 2 unspecified atom stereocenters. The lowest BCUT2D eigenvalue weighted by Gasteiger charge is -2.41. The van der Waals surface area contributed by atoms with Crippen LogP contribution in [0, 0.1) is 11.8 Å². The molecule has 0 aliphatic carbocycles. The minimum absolute atomic E-state index is 0.332. The van der Waals surface area contributed by atoms with Gasteiger partial charge in [-0.25, -0.2) is 0 Å². The molecule has 0 spiro atoms. The van der Waals surface area contributed by atoms with Crippen molar-refractivity contribution in [1.29, 1.82) is 0 Å². The Balaban J connectivity index is 1.21. The Bertz CT molecular complexity index is 583. The third kappa shape index (κ3) is 4.47. The van der Waals surface area contributed by atoms with Crippen LogP contribution in [0.25, 0.3) is 0 Å². The molecule has 0 bridgehead atoms. The highest BCUT2D eigenvalue weighted by atomic mass is 16.5. The van der Waals surface area contributed by atoms with Gasteiger partial charge in [0.15, 0.2) is 0 Å². The third-order valence-corrected chi connectivity index (χ3v) is 6.49. The summed E-state index contributed by atoms with van der Waals surface area (Å²) in [6.07, 6.45) is 7.41. The van der Waals surface area contributed by atoms with Crippen LogP contribution < -0.4 is 0 Å². The normalized spacial score (nSPS) is 27.9. The fourth-order valence-electron chi connectivity index (χ4n) is 4.93. The van der Waals surface area contributed by atoms with Crippen molar-refractivity contribution in [3.63, 3.8) is 0 Å². The number of likely N-dealkylation sites (tertiary alicyclic amines) is 2. The number of piperidine rings is 2. The Hall–Kier alpha value is -1.39. The van der Waals surface area contributed by atoms with E-state index in [-0.39, 0.29) is 0 Å². The van der Waals surface area contributed by atoms with Gasteiger partial charge in [0.1, 0.15) is 0 Å². The minimum Gasteiger partial charge on any atom is -0.378 e. The van der Waals surface area contributed by atoms with Gasteiger partial charge in [0.25, 0.3) is 0 Å². The number of carbonyl (C=O) groups excluding carboxylic acids is 1. The van der Waals surface area contributed by atoms with E-state index in [2.05, 4.69) is 40.1 Å². The van der Waals surface area contributed by atoms with E-state index in [0.29, 0.717) is 24.5 Å². The standard InChI is InChI=1S/C22H32N2O2/c25-22(17-23-11-10-21-20(16-23)7-4-14-26-21)24-12-8-19(9-13-24)15-18-5-2-1-3-6-18/h1-3,5-6,19-21H,4,7-17H2. The monoisotopic (exact) mass is 356 g/mol. The van der Waals surface area contributed by atoms with E-state index >= 15 is 0 Å². The number of amides is 1. The first-order valence-electron chi connectivity index (χ1n) is 10.4. The van der Waals surface area contributed by atoms with Crippen molar-refractivity contribution in [2.24, 2.45) is 11.8 Å². The smallest absolute Gasteiger partial charge is 0.236 e. The average molecular weight is 357 g/mol. The number of hydrogen-bond acceptors (Lipinski definition) is 3. The van der Waals surface area contributed by atoms with Crippen LogP contribution >= 0.6 is 0 Å². The van der Waals surface area contributed by atoms with Gasteiger partial charge in [0.05, 0.1) is 12.6 Å². The van der Waals surface area contributed by atoms with Crippen LogP contribution in [-0.4, -0.2) is 61.1 Å². The Labute approximate surface area is 157 Å². The average Bonchev–Trinajstić information content (AvgIpc) is 2.69. The predicted molar refractivity (Wildman–Crippen MR) is 103 cm³/mol. The second-order valence-corrected chi connectivity index (χ2v) is 8.35. The molecule has 0 saturated carbocycles. The summed E-state index contributed by atoms with van der Waals surface area (Å²) < 4.78 is 5.89. The number of hydrogen-bond donors (Lipinski definition) is 0. The van der Waals surface area contributed by atoms with Crippen LogP contribution in [0.15, 0.2) is 30.3 Å². The summed E-state index contributed by atoms with van der Waals surface area (Å²) in [6, 6.07) is 10.8. The van der Waals surface area contributed by atoms with Crippen molar-refractivity contribution in [1.82, 2.24) is 9.80 Å². The van der Waals surface area contributed by atoms with Crippen molar-refractivity contribution in [2.45, 2.75) is 44.6 Å². The van der Waals surface area contributed by atoms with E-state index in [0.717, 1.165) is 64.4 Å². The van der Waals surface area contributed by atoms with Gasteiger partial charge < -0.3 is 9.64 Å². The largest absolute Gasteiger partial charge is 0.378 e. The molecule has 3 heterocycles. The highest BCUT2D eigenvalue weighted by molar-refractivity contribution is 5.78. The topological polar surface area (TPSA) is 32.8 Å². The van der Waals surface area contributed by atoms with E-state index in [1.54, 1.807) is 0 Å². The molecule has 0 aromatic heterocycles. The van der Waals surface area contributed by atoms with Gasteiger partial charge in [-0.1, -0.05) is 30.3 Å². The van der Waals surface area contributed by atoms with Crippen LogP contribution in [-0.2, 0) is 16.0 Å². The van der Waals surface area contributed by atoms with Crippen LogP contribution in [0.2, 0.25) is 0 Å². The molecule has 3 aliphatic heterocycles. The molecule has 4 nitrogen and oxygen atoms in total. The van der Waals surface area contributed by atoms with Crippen molar-refractivity contribution < 1.29 is 9.53 Å². The van der Waals surface area contributed by atoms with Crippen molar-refractivity contribution >= 4 is 5.91 Å². The summed E-state index contributed by atoms with van der Waals surface area (Å²) in [4.78, 5) is 17.2. The van der Waals surface area contributed by atoms with Crippen LogP contribution in [0.1, 0.15) is 37.7 Å². The van der Waals surface area contributed by atoms with E-state index in [4.69, 9.17) is 4.74 Å². The quantitative estimate of drug-likeness (QED) is 0.831. The Morgan fingerprint density at radius 2 is 1.85 bits per heavy atom. The molecular weight excluding hydrogens is 324 g/mol. The molecule has 4 heteroatoms. The predicted octanol–water partition coefficient (Wildman–Crippen LogP) is 2.97. The first-order chi connectivity index (χ1) is 12.8. The number of fused-ring (bicyclic) bond motifs is 1. The molecule has 3 saturated heterocycles. The molecule has 0 N–H and O–H groups in total. The molecule has 2 atom stereocenters. The van der Waals surface area contributed by atoms with Crippen molar-refractivity contribution in [2.75, 3.05) is 39.3 Å². The minimum atomic E-state index is 0.332. The van der Waals surface area contributed by atoms with Gasteiger partial charge in [0.2, 0.25) is 5.91 Å². The zero-order valence-electron chi connectivity index (χ0n) is 15.8. The molecule has 1 aromatic rings. The summed E-state index contributed by atoms with van der Waals surface area (Å²) in [5, 5.41) is 0. The zero-order chi connectivity index (χ0) is 17.8. The summed E-state index contributed by atoms with van der Waals surface area (Å²) in [7, 11) is 0.